The van der Waals surface area contributed by atoms with Gasteiger partial charge in [0, 0.05) is 42.9 Å². The van der Waals surface area contributed by atoms with E-state index in [-0.39, 0.29) is 11.4 Å². The molecule has 19 heavy (non-hydrogen) atoms. The largest absolute Gasteiger partial charge is 0.345 e. The van der Waals surface area contributed by atoms with E-state index in [9.17, 15) is 4.79 Å². The summed E-state index contributed by atoms with van der Waals surface area (Å²) in [5.74, 6) is 1.32. The van der Waals surface area contributed by atoms with Crippen LogP contribution < -0.4 is 5.32 Å². The molecular formula is C14H20BrN3O. The van der Waals surface area contributed by atoms with Crippen LogP contribution >= 0.6 is 15.9 Å². The maximum absolute atomic E-state index is 12.8. The molecule has 4 nitrogen and oxygen atoms in total. The Bertz CT molecular complexity index is 523. The fourth-order valence-corrected chi connectivity index (χ4v) is 4.17. The van der Waals surface area contributed by atoms with Gasteiger partial charge in [-0.05, 0) is 47.7 Å². The van der Waals surface area contributed by atoms with E-state index in [1.54, 1.807) is 0 Å². The van der Waals surface area contributed by atoms with Crippen LogP contribution in [0.15, 0.2) is 16.7 Å². The molecule has 1 N–H and O–H groups in total. The Morgan fingerprint density at radius 2 is 2.21 bits per heavy atom. The fourth-order valence-electron chi connectivity index (χ4n) is 3.64. The molecule has 2 atom stereocenters. The first kappa shape index (κ1) is 13.2. The Labute approximate surface area is 122 Å². The number of likely N-dealkylation sites (tertiary alicyclic amines) is 1. The highest BCUT2D eigenvalue weighted by atomic mass is 79.9. The van der Waals surface area contributed by atoms with Crippen molar-refractivity contribution in [2.24, 2.45) is 18.9 Å². The van der Waals surface area contributed by atoms with Crippen LogP contribution in [0.5, 0.6) is 0 Å². The van der Waals surface area contributed by atoms with Gasteiger partial charge in [0.05, 0.1) is 0 Å². The average Bonchev–Trinajstić information content (AvgIpc) is 2.96. The monoisotopic (exact) mass is 325 g/mol. The van der Waals surface area contributed by atoms with Gasteiger partial charge in [-0.15, -0.1) is 0 Å². The number of hydrogen-bond donors (Lipinski definition) is 1. The molecule has 104 valence electrons. The third kappa shape index (κ3) is 1.94. The lowest BCUT2D eigenvalue weighted by molar-refractivity contribution is 0.0593. The average molecular weight is 326 g/mol. The summed E-state index contributed by atoms with van der Waals surface area (Å²) in [6.07, 6.45) is 1.93. The molecule has 1 amide bonds. The number of nitrogens with one attached hydrogen (secondary N) is 1. The zero-order valence-electron chi connectivity index (χ0n) is 11.6. The molecular weight excluding hydrogens is 306 g/mol. The maximum atomic E-state index is 12.8. The third-order valence-corrected chi connectivity index (χ3v) is 5.23. The van der Waals surface area contributed by atoms with E-state index in [0.717, 1.165) is 29.8 Å². The molecule has 0 aliphatic carbocycles. The van der Waals surface area contributed by atoms with Gasteiger partial charge in [-0.3, -0.25) is 4.79 Å². The van der Waals surface area contributed by atoms with Crippen molar-refractivity contribution in [2.45, 2.75) is 19.4 Å². The highest BCUT2D eigenvalue weighted by Gasteiger charge is 2.51. The zero-order chi connectivity index (χ0) is 13.8. The van der Waals surface area contributed by atoms with Gasteiger partial charge in [0.25, 0.3) is 5.91 Å². The number of fused-ring (bicyclic) bond motifs is 1. The molecule has 2 aliphatic heterocycles. The van der Waals surface area contributed by atoms with E-state index in [2.05, 4.69) is 40.0 Å². The summed E-state index contributed by atoms with van der Waals surface area (Å²) in [6, 6.07) is 1.91. The van der Waals surface area contributed by atoms with E-state index in [4.69, 9.17) is 0 Å². The molecule has 2 saturated heterocycles. The molecule has 1 aromatic heterocycles. The number of hydrogen-bond acceptors (Lipinski definition) is 2. The van der Waals surface area contributed by atoms with Gasteiger partial charge in [-0.25, -0.2) is 0 Å². The second kappa shape index (κ2) is 4.35. The van der Waals surface area contributed by atoms with Crippen LogP contribution in [0.1, 0.15) is 24.3 Å². The summed E-state index contributed by atoms with van der Waals surface area (Å²) in [5.41, 5.74) is 0.690. The Kier molecular flexibility index (Phi) is 3.02. The number of nitrogens with zero attached hydrogens (tertiary/aromatic N) is 2. The van der Waals surface area contributed by atoms with Crippen LogP contribution in [0.4, 0.5) is 0 Å². The standard InChI is InChI=1S/C14H20BrN3O/c1-14(2)11-6-16-5-9(11)7-18(14)13(19)12-4-10(15)8-17(12)3/h4,8-9,11,16H,5-7H2,1-3H3. The Morgan fingerprint density at radius 3 is 2.79 bits per heavy atom. The SMILES string of the molecule is Cn1cc(Br)cc1C(=O)N1CC2CNCC2C1(C)C. The molecule has 0 spiro atoms. The number of amides is 1. The summed E-state index contributed by atoms with van der Waals surface area (Å²) in [5, 5.41) is 3.44. The summed E-state index contributed by atoms with van der Waals surface area (Å²) in [4.78, 5) is 14.9. The van der Waals surface area contributed by atoms with E-state index in [0.29, 0.717) is 11.8 Å². The smallest absolute Gasteiger partial charge is 0.270 e. The quantitative estimate of drug-likeness (QED) is 0.855. The highest BCUT2D eigenvalue weighted by molar-refractivity contribution is 9.10. The minimum atomic E-state index is -0.0675. The maximum Gasteiger partial charge on any atom is 0.270 e. The summed E-state index contributed by atoms with van der Waals surface area (Å²) in [6.45, 7) is 7.32. The normalized spacial score (nSPS) is 28.7. The van der Waals surface area contributed by atoms with Gasteiger partial charge in [-0.2, -0.15) is 0 Å². The molecule has 2 aliphatic rings. The molecule has 3 rings (SSSR count). The first-order chi connectivity index (χ1) is 8.91. The zero-order valence-corrected chi connectivity index (χ0v) is 13.2. The molecule has 0 radical (unpaired) electrons. The molecule has 3 heterocycles. The first-order valence-corrected chi connectivity index (χ1v) is 7.55. The van der Waals surface area contributed by atoms with Crippen molar-refractivity contribution in [2.75, 3.05) is 19.6 Å². The van der Waals surface area contributed by atoms with Crippen LogP contribution in [0.3, 0.4) is 0 Å². The van der Waals surface area contributed by atoms with Gasteiger partial charge in [-0.1, -0.05) is 0 Å². The van der Waals surface area contributed by atoms with Gasteiger partial charge in [0.15, 0.2) is 0 Å². The van der Waals surface area contributed by atoms with Gasteiger partial charge in [0.2, 0.25) is 0 Å². The lowest BCUT2D eigenvalue weighted by Gasteiger charge is -2.35. The number of halogens is 1. The number of aryl methyl sites for hydroxylation is 1. The summed E-state index contributed by atoms with van der Waals surface area (Å²) < 4.78 is 2.85. The Morgan fingerprint density at radius 1 is 1.47 bits per heavy atom. The number of rotatable bonds is 1. The molecule has 2 unspecified atom stereocenters. The minimum absolute atomic E-state index is 0.0675. The topological polar surface area (TPSA) is 37.3 Å². The van der Waals surface area contributed by atoms with Crippen molar-refractivity contribution in [1.82, 2.24) is 14.8 Å². The van der Waals surface area contributed by atoms with E-state index in [1.807, 2.05) is 23.9 Å². The molecule has 0 saturated carbocycles. The number of carbonyl (C=O) groups is 1. The molecule has 0 aromatic carbocycles. The van der Waals surface area contributed by atoms with E-state index in [1.165, 1.54) is 0 Å². The van der Waals surface area contributed by atoms with Crippen LogP contribution in [0.25, 0.3) is 0 Å². The summed E-state index contributed by atoms with van der Waals surface area (Å²) in [7, 11) is 1.92. The summed E-state index contributed by atoms with van der Waals surface area (Å²) >= 11 is 3.44. The fraction of sp³-hybridized carbons (Fsp3) is 0.643. The van der Waals surface area contributed by atoms with Crippen LogP contribution in [0, 0.1) is 11.8 Å². The second-order valence-electron chi connectivity index (χ2n) is 6.25. The van der Waals surface area contributed by atoms with Gasteiger partial charge < -0.3 is 14.8 Å². The van der Waals surface area contributed by atoms with Crippen molar-refractivity contribution >= 4 is 21.8 Å². The van der Waals surface area contributed by atoms with Crippen LogP contribution in [0.2, 0.25) is 0 Å². The van der Waals surface area contributed by atoms with Crippen molar-refractivity contribution in [3.63, 3.8) is 0 Å². The van der Waals surface area contributed by atoms with Crippen molar-refractivity contribution < 1.29 is 4.79 Å². The van der Waals surface area contributed by atoms with Crippen molar-refractivity contribution in [3.05, 3.63) is 22.4 Å². The van der Waals surface area contributed by atoms with E-state index < -0.39 is 0 Å². The lowest BCUT2D eigenvalue weighted by Crippen LogP contribution is -2.48. The first-order valence-electron chi connectivity index (χ1n) is 6.76. The van der Waals surface area contributed by atoms with Crippen molar-refractivity contribution in [3.8, 4) is 0 Å². The second-order valence-corrected chi connectivity index (χ2v) is 7.16. The minimum Gasteiger partial charge on any atom is -0.345 e. The Balaban J connectivity index is 1.91. The van der Waals surface area contributed by atoms with E-state index >= 15 is 0 Å². The number of aromatic nitrogens is 1. The molecule has 1 aromatic rings. The number of carbonyl (C=O) groups excluding carboxylic acids is 1. The third-order valence-electron chi connectivity index (χ3n) is 4.80. The molecule has 0 bridgehead atoms. The molecule has 2 fully saturated rings. The van der Waals surface area contributed by atoms with Gasteiger partial charge >= 0.3 is 0 Å². The van der Waals surface area contributed by atoms with Crippen molar-refractivity contribution in [1.29, 1.82) is 0 Å². The van der Waals surface area contributed by atoms with Crippen LogP contribution in [-0.2, 0) is 7.05 Å². The predicted molar refractivity (Wildman–Crippen MR) is 78.1 cm³/mol. The van der Waals surface area contributed by atoms with Crippen LogP contribution in [-0.4, -0.2) is 40.5 Å². The highest BCUT2D eigenvalue weighted by Crippen LogP contribution is 2.41. The van der Waals surface area contributed by atoms with Gasteiger partial charge in [0.1, 0.15) is 5.69 Å². The molecule has 5 heteroatoms. The lowest BCUT2D eigenvalue weighted by atomic mass is 9.85. The predicted octanol–water partition coefficient (Wildman–Crippen LogP) is 1.86. The Hall–Kier alpha value is -0.810.